The largest absolute Gasteiger partial charge is 0.383 e. The molecule has 1 saturated carbocycles. The van der Waals surface area contributed by atoms with Gasteiger partial charge in [-0.1, -0.05) is 19.9 Å². The van der Waals surface area contributed by atoms with Gasteiger partial charge in [-0.15, -0.1) is 0 Å². The molecular formula is C24H26N4O2. The van der Waals surface area contributed by atoms with E-state index in [1.54, 1.807) is 0 Å². The summed E-state index contributed by atoms with van der Waals surface area (Å²) in [4.78, 5) is 24.5. The van der Waals surface area contributed by atoms with Gasteiger partial charge in [0.25, 0.3) is 5.91 Å². The fourth-order valence-electron chi connectivity index (χ4n) is 4.07. The average Bonchev–Trinajstić information content (AvgIpc) is 3.46. The van der Waals surface area contributed by atoms with Gasteiger partial charge in [0, 0.05) is 28.8 Å². The Kier molecular flexibility index (Phi) is 4.66. The van der Waals surface area contributed by atoms with Gasteiger partial charge < -0.3 is 15.4 Å². The molecule has 1 aromatic carbocycles. The van der Waals surface area contributed by atoms with Crippen molar-refractivity contribution in [2.24, 2.45) is 0 Å². The van der Waals surface area contributed by atoms with Crippen LogP contribution in [-0.4, -0.2) is 26.8 Å². The first-order valence-corrected chi connectivity index (χ1v) is 10.6. The van der Waals surface area contributed by atoms with Crippen molar-refractivity contribution < 1.29 is 9.53 Å². The summed E-state index contributed by atoms with van der Waals surface area (Å²) in [6.45, 7) is 5.83. The number of anilines is 1. The summed E-state index contributed by atoms with van der Waals surface area (Å²) in [6, 6.07) is 10.1. The Hall–Kier alpha value is -2.99. The smallest absolute Gasteiger partial charge is 0.254 e. The minimum absolute atomic E-state index is 0.0404. The van der Waals surface area contributed by atoms with E-state index >= 15 is 0 Å². The molecule has 2 aliphatic rings. The maximum Gasteiger partial charge on any atom is 0.254 e. The SMILES string of the molecule is CC(C)c1ccc(CN(C(=O)c2ccc3nc(N)c4c(c3c2)COC4)C2CC2)nc1. The van der Waals surface area contributed by atoms with E-state index in [4.69, 9.17) is 10.5 Å². The third kappa shape index (κ3) is 3.41. The molecule has 30 heavy (non-hydrogen) atoms. The quantitative estimate of drug-likeness (QED) is 0.693. The molecule has 0 radical (unpaired) electrons. The van der Waals surface area contributed by atoms with Gasteiger partial charge in [0.1, 0.15) is 5.82 Å². The molecule has 3 heterocycles. The Bertz CT molecular complexity index is 1120. The third-order valence-electron chi connectivity index (χ3n) is 6.07. The molecule has 1 aliphatic carbocycles. The number of nitrogen functional groups attached to an aromatic ring is 1. The van der Waals surface area contributed by atoms with Crippen LogP contribution in [0.5, 0.6) is 0 Å². The number of aromatic nitrogens is 2. The van der Waals surface area contributed by atoms with Gasteiger partial charge in [0.15, 0.2) is 0 Å². The van der Waals surface area contributed by atoms with Crippen molar-refractivity contribution in [1.29, 1.82) is 0 Å². The van der Waals surface area contributed by atoms with Crippen LogP contribution < -0.4 is 5.73 Å². The number of carbonyl (C=O) groups excluding carboxylic acids is 1. The average molecular weight is 402 g/mol. The Labute approximate surface area is 176 Å². The van der Waals surface area contributed by atoms with E-state index < -0.39 is 0 Å². The first-order valence-electron chi connectivity index (χ1n) is 10.6. The Morgan fingerprint density at radius 3 is 2.70 bits per heavy atom. The summed E-state index contributed by atoms with van der Waals surface area (Å²) in [5.74, 6) is 1.00. The van der Waals surface area contributed by atoms with Crippen molar-refractivity contribution >= 4 is 22.6 Å². The number of hydrogen-bond acceptors (Lipinski definition) is 5. The van der Waals surface area contributed by atoms with Gasteiger partial charge in [-0.3, -0.25) is 9.78 Å². The fraction of sp³-hybridized carbons (Fsp3) is 0.375. The van der Waals surface area contributed by atoms with Crippen LogP contribution in [0.3, 0.4) is 0 Å². The van der Waals surface area contributed by atoms with E-state index in [2.05, 4.69) is 29.9 Å². The molecule has 0 atom stereocenters. The van der Waals surface area contributed by atoms with Crippen LogP contribution >= 0.6 is 0 Å². The number of carbonyl (C=O) groups is 1. The van der Waals surface area contributed by atoms with Gasteiger partial charge >= 0.3 is 0 Å². The normalized spacial score (nSPS) is 15.6. The van der Waals surface area contributed by atoms with Crippen LogP contribution in [0.2, 0.25) is 0 Å². The molecule has 1 aliphatic heterocycles. The number of nitrogens with two attached hydrogens (primary N) is 1. The molecule has 0 saturated heterocycles. The lowest BCUT2D eigenvalue weighted by Gasteiger charge is -2.23. The first-order chi connectivity index (χ1) is 14.5. The van der Waals surface area contributed by atoms with E-state index in [1.165, 1.54) is 5.56 Å². The van der Waals surface area contributed by atoms with Gasteiger partial charge in [-0.05, 0) is 54.2 Å². The molecule has 0 bridgehead atoms. The van der Waals surface area contributed by atoms with E-state index in [1.807, 2.05) is 35.4 Å². The molecule has 1 fully saturated rings. The maximum absolute atomic E-state index is 13.4. The van der Waals surface area contributed by atoms with Crippen LogP contribution in [-0.2, 0) is 24.5 Å². The summed E-state index contributed by atoms with van der Waals surface area (Å²) >= 11 is 0. The molecule has 0 unspecified atom stereocenters. The topological polar surface area (TPSA) is 81.3 Å². The Balaban J connectivity index is 1.45. The molecule has 6 heteroatoms. The highest BCUT2D eigenvalue weighted by Crippen LogP contribution is 2.33. The summed E-state index contributed by atoms with van der Waals surface area (Å²) in [5.41, 5.74) is 11.7. The molecule has 154 valence electrons. The fourth-order valence-corrected chi connectivity index (χ4v) is 4.07. The predicted octanol–water partition coefficient (Wildman–Crippen LogP) is 4.17. The molecule has 1 amide bonds. The minimum Gasteiger partial charge on any atom is -0.383 e. The zero-order chi connectivity index (χ0) is 20.8. The van der Waals surface area contributed by atoms with Crippen molar-refractivity contribution in [3.05, 3.63) is 64.5 Å². The standard InChI is InChI=1S/C24H26N4O2/c1-14(2)16-3-5-17(26-10-16)11-28(18-6-7-18)24(29)15-4-8-22-19(9-15)20-12-30-13-21(20)23(25)27-22/h3-5,8-10,14,18H,6-7,11-13H2,1-2H3,(H2,25,27). The summed E-state index contributed by atoms with van der Waals surface area (Å²) < 4.78 is 5.58. The lowest BCUT2D eigenvalue weighted by molar-refractivity contribution is 0.0728. The van der Waals surface area contributed by atoms with E-state index in [0.717, 1.165) is 40.6 Å². The number of pyridine rings is 2. The van der Waals surface area contributed by atoms with Crippen LogP contribution in [0.15, 0.2) is 36.5 Å². The number of benzene rings is 1. The van der Waals surface area contributed by atoms with Crippen molar-refractivity contribution in [2.75, 3.05) is 5.73 Å². The predicted molar refractivity (Wildman–Crippen MR) is 116 cm³/mol. The van der Waals surface area contributed by atoms with Crippen molar-refractivity contribution in [3.8, 4) is 0 Å². The lowest BCUT2D eigenvalue weighted by Crippen LogP contribution is -2.33. The van der Waals surface area contributed by atoms with Crippen LogP contribution in [0.25, 0.3) is 10.9 Å². The third-order valence-corrected chi connectivity index (χ3v) is 6.07. The molecule has 3 aromatic rings. The molecule has 2 N–H and O–H groups in total. The van der Waals surface area contributed by atoms with Gasteiger partial charge in [-0.25, -0.2) is 4.98 Å². The first kappa shape index (κ1) is 19.0. The second-order valence-electron chi connectivity index (χ2n) is 8.58. The number of amides is 1. The van der Waals surface area contributed by atoms with Crippen LogP contribution in [0.1, 0.15) is 65.3 Å². The number of ether oxygens (including phenoxy) is 1. The number of fused-ring (bicyclic) bond motifs is 3. The zero-order valence-electron chi connectivity index (χ0n) is 17.4. The van der Waals surface area contributed by atoms with E-state index in [-0.39, 0.29) is 5.91 Å². The Morgan fingerprint density at radius 1 is 1.20 bits per heavy atom. The molecule has 5 rings (SSSR count). The highest BCUT2D eigenvalue weighted by Gasteiger charge is 2.33. The summed E-state index contributed by atoms with van der Waals surface area (Å²) in [7, 11) is 0. The zero-order valence-corrected chi connectivity index (χ0v) is 17.4. The van der Waals surface area contributed by atoms with Crippen LogP contribution in [0.4, 0.5) is 5.82 Å². The highest BCUT2D eigenvalue weighted by molar-refractivity contribution is 5.99. The van der Waals surface area contributed by atoms with E-state index in [0.29, 0.717) is 43.1 Å². The van der Waals surface area contributed by atoms with Crippen molar-refractivity contribution in [3.63, 3.8) is 0 Å². The van der Waals surface area contributed by atoms with Gasteiger partial charge in [0.05, 0.1) is 31.0 Å². The van der Waals surface area contributed by atoms with Gasteiger partial charge in [0.2, 0.25) is 0 Å². The van der Waals surface area contributed by atoms with Crippen molar-refractivity contribution in [2.45, 2.75) is 58.4 Å². The highest BCUT2D eigenvalue weighted by atomic mass is 16.5. The molecule has 6 nitrogen and oxygen atoms in total. The van der Waals surface area contributed by atoms with Crippen LogP contribution in [0, 0.1) is 0 Å². The summed E-state index contributed by atoms with van der Waals surface area (Å²) in [5, 5.41) is 0.956. The number of hydrogen-bond donors (Lipinski definition) is 1. The molecular weight excluding hydrogens is 376 g/mol. The van der Waals surface area contributed by atoms with Gasteiger partial charge in [-0.2, -0.15) is 0 Å². The number of rotatable bonds is 5. The molecule has 0 spiro atoms. The number of nitrogens with zero attached hydrogens (tertiary/aromatic N) is 3. The molecule has 2 aromatic heterocycles. The lowest BCUT2D eigenvalue weighted by atomic mass is 10.0. The minimum atomic E-state index is 0.0404. The second kappa shape index (κ2) is 7.36. The summed E-state index contributed by atoms with van der Waals surface area (Å²) in [6.07, 6.45) is 4.01. The van der Waals surface area contributed by atoms with Crippen molar-refractivity contribution in [1.82, 2.24) is 14.9 Å². The van der Waals surface area contributed by atoms with E-state index in [9.17, 15) is 4.79 Å². The Morgan fingerprint density at radius 2 is 2.00 bits per heavy atom. The maximum atomic E-state index is 13.4. The second-order valence-corrected chi connectivity index (χ2v) is 8.58. The monoisotopic (exact) mass is 402 g/mol.